The third-order valence-electron chi connectivity index (χ3n) is 12.6. The summed E-state index contributed by atoms with van der Waals surface area (Å²) in [4.78, 5) is 16.2. The van der Waals surface area contributed by atoms with Crippen molar-refractivity contribution in [3.8, 4) is 67.5 Å². The van der Waals surface area contributed by atoms with Crippen molar-refractivity contribution in [2.24, 2.45) is 0 Å². The van der Waals surface area contributed by atoms with Crippen LogP contribution < -0.4 is 0 Å². The Morgan fingerprint density at radius 2 is 0.800 bits per heavy atom. The molecule has 3 nitrogen and oxygen atoms in total. The molecule has 60 heavy (non-hydrogen) atoms. The molecule has 282 valence electrons. The lowest BCUT2D eigenvalue weighted by molar-refractivity contribution is 0.660. The standard InChI is InChI=1S/C56H37N3S/c1-56(2)49-25-12-10-21-42(49)43-28-27-35(33-50(43)56)37-30-32-47(41-20-9-7-18-39(37)41)54-57-53(46-31-29-36(34-15-4-3-5-16-34)38-17-6-8-19-40(38)46)58-55(59-54)48-24-14-23-45-44-22-11-13-26-51(44)60-52(45)48/h3-33H,1-2H3. The highest BCUT2D eigenvalue weighted by atomic mass is 32.1. The number of fused-ring (bicyclic) bond motifs is 8. The first kappa shape index (κ1) is 34.7. The van der Waals surface area contributed by atoms with E-state index in [1.54, 1.807) is 11.3 Å². The number of aromatic nitrogens is 3. The summed E-state index contributed by atoms with van der Waals surface area (Å²) in [5.74, 6) is 1.96. The second-order valence-electron chi connectivity index (χ2n) is 16.3. The SMILES string of the molecule is CC1(C)c2ccccc2-c2ccc(-c3ccc(-c4nc(-c5ccc(-c6ccccc6)c6ccccc56)nc(-c5cccc6c5sc5ccccc56)n4)c4ccccc34)cc21. The van der Waals surface area contributed by atoms with Gasteiger partial charge in [-0.2, -0.15) is 0 Å². The minimum Gasteiger partial charge on any atom is -0.208 e. The van der Waals surface area contributed by atoms with Crippen LogP contribution in [0.1, 0.15) is 25.0 Å². The highest BCUT2D eigenvalue weighted by Crippen LogP contribution is 2.50. The van der Waals surface area contributed by atoms with Crippen LogP contribution in [0.25, 0.3) is 109 Å². The molecular weight excluding hydrogens is 747 g/mol. The summed E-state index contributed by atoms with van der Waals surface area (Å²) in [6.07, 6.45) is 0. The van der Waals surface area contributed by atoms with Crippen LogP contribution in [0.5, 0.6) is 0 Å². The summed E-state index contributed by atoms with van der Waals surface area (Å²) in [6, 6.07) is 67.7. The van der Waals surface area contributed by atoms with Crippen molar-refractivity contribution in [1.82, 2.24) is 15.0 Å². The molecule has 0 fully saturated rings. The largest absolute Gasteiger partial charge is 0.208 e. The van der Waals surface area contributed by atoms with Crippen LogP contribution in [0.15, 0.2) is 188 Å². The lowest BCUT2D eigenvalue weighted by Crippen LogP contribution is -2.14. The van der Waals surface area contributed by atoms with Gasteiger partial charge in [-0.3, -0.25) is 0 Å². The number of rotatable bonds is 5. The van der Waals surface area contributed by atoms with Crippen molar-refractivity contribution >= 4 is 53.1 Å². The fourth-order valence-electron chi connectivity index (χ4n) is 9.64. The summed E-state index contributed by atoms with van der Waals surface area (Å²) in [5.41, 5.74) is 13.0. The normalized spacial score (nSPS) is 13.0. The van der Waals surface area contributed by atoms with Crippen LogP contribution >= 0.6 is 11.3 Å². The average Bonchev–Trinajstić information content (AvgIpc) is 3.80. The molecule has 11 aromatic rings. The van der Waals surface area contributed by atoms with E-state index in [0.717, 1.165) is 38.2 Å². The lowest BCUT2D eigenvalue weighted by atomic mass is 9.81. The van der Waals surface area contributed by atoms with Crippen molar-refractivity contribution in [3.63, 3.8) is 0 Å². The van der Waals surface area contributed by atoms with Gasteiger partial charge < -0.3 is 0 Å². The Morgan fingerprint density at radius 1 is 0.333 bits per heavy atom. The van der Waals surface area contributed by atoms with E-state index < -0.39 is 0 Å². The van der Waals surface area contributed by atoms with E-state index in [1.165, 1.54) is 64.7 Å². The first-order chi connectivity index (χ1) is 29.5. The minimum absolute atomic E-state index is 0.0872. The van der Waals surface area contributed by atoms with Crippen molar-refractivity contribution in [2.45, 2.75) is 19.3 Å². The summed E-state index contributed by atoms with van der Waals surface area (Å²) in [6.45, 7) is 4.69. The van der Waals surface area contributed by atoms with E-state index in [1.807, 2.05) is 0 Å². The average molecular weight is 784 g/mol. The highest BCUT2D eigenvalue weighted by molar-refractivity contribution is 7.26. The van der Waals surface area contributed by atoms with Gasteiger partial charge in [0.2, 0.25) is 0 Å². The molecular formula is C56H37N3S. The van der Waals surface area contributed by atoms with Crippen molar-refractivity contribution in [3.05, 3.63) is 199 Å². The van der Waals surface area contributed by atoms with Crippen LogP contribution in [0.3, 0.4) is 0 Å². The molecule has 12 rings (SSSR count). The molecule has 0 radical (unpaired) electrons. The van der Waals surface area contributed by atoms with Gasteiger partial charge in [0.15, 0.2) is 17.5 Å². The van der Waals surface area contributed by atoms with Crippen molar-refractivity contribution < 1.29 is 0 Å². The molecule has 0 saturated heterocycles. The molecule has 0 aliphatic heterocycles. The zero-order valence-corrected chi connectivity index (χ0v) is 34.0. The Labute approximate surface area is 352 Å². The highest BCUT2D eigenvalue weighted by Gasteiger charge is 2.35. The number of benzene rings is 9. The first-order valence-corrected chi connectivity index (χ1v) is 21.3. The molecule has 0 spiro atoms. The first-order valence-electron chi connectivity index (χ1n) is 20.5. The van der Waals surface area contributed by atoms with E-state index >= 15 is 0 Å². The summed E-state index contributed by atoms with van der Waals surface area (Å²) < 4.78 is 2.42. The predicted octanol–water partition coefficient (Wildman–Crippen LogP) is 15.2. The maximum absolute atomic E-state index is 5.40. The summed E-state index contributed by atoms with van der Waals surface area (Å²) >= 11 is 1.79. The second kappa shape index (κ2) is 13.4. The van der Waals surface area contributed by atoms with Crippen LogP contribution in [0, 0.1) is 0 Å². The van der Waals surface area contributed by atoms with Gasteiger partial charge in [0.1, 0.15) is 0 Å². The van der Waals surface area contributed by atoms with Crippen LogP contribution in [-0.4, -0.2) is 15.0 Å². The van der Waals surface area contributed by atoms with E-state index in [-0.39, 0.29) is 5.41 Å². The van der Waals surface area contributed by atoms with Gasteiger partial charge >= 0.3 is 0 Å². The number of hydrogen-bond acceptors (Lipinski definition) is 4. The van der Waals surface area contributed by atoms with Gasteiger partial charge in [-0.15, -0.1) is 11.3 Å². The van der Waals surface area contributed by atoms with Gasteiger partial charge in [0.25, 0.3) is 0 Å². The van der Waals surface area contributed by atoms with Crippen molar-refractivity contribution in [2.75, 3.05) is 0 Å². The monoisotopic (exact) mass is 783 g/mol. The molecule has 0 unspecified atom stereocenters. The van der Waals surface area contributed by atoms with Crippen LogP contribution in [0.2, 0.25) is 0 Å². The Morgan fingerprint density at radius 3 is 1.48 bits per heavy atom. The molecule has 1 aliphatic rings. The maximum Gasteiger partial charge on any atom is 0.165 e. The van der Waals surface area contributed by atoms with Crippen molar-refractivity contribution in [1.29, 1.82) is 0 Å². The van der Waals surface area contributed by atoms with Crippen LogP contribution in [0.4, 0.5) is 0 Å². The Bertz CT molecular complexity index is 3530. The van der Waals surface area contributed by atoms with Gasteiger partial charge in [-0.25, -0.2) is 15.0 Å². The molecule has 2 heterocycles. The topological polar surface area (TPSA) is 38.7 Å². The molecule has 1 aliphatic carbocycles. The predicted molar refractivity (Wildman–Crippen MR) is 252 cm³/mol. The van der Waals surface area contributed by atoms with E-state index in [0.29, 0.717) is 17.5 Å². The van der Waals surface area contributed by atoms with Gasteiger partial charge in [0.05, 0.1) is 0 Å². The van der Waals surface area contributed by atoms with Crippen LogP contribution in [-0.2, 0) is 5.41 Å². The maximum atomic E-state index is 5.40. The van der Waals surface area contributed by atoms with E-state index in [9.17, 15) is 0 Å². The smallest absolute Gasteiger partial charge is 0.165 e. The van der Waals surface area contributed by atoms with Gasteiger partial charge in [-0.05, 0) is 96.4 Å². The van der Waals surface area contributed by atoms with E-state index in [2.05, 4.69) is 202 Å². The lowest BCUT2D eigenvalue weighted by Gasteiger charge is -2.22. The molecule has 2 aromatic heterocycles. The third-order valence-corrected chi connectivity index (χ3v) is 13.8. The molecule has 0 saturated carbocycles. The van der Waals surface area contributed by atoms with E-state index in [4.69, 9.17) is 15.0 Å². The Hall–Kier alpha value is -7.27. The van der Waals surface area contributed by atoms with Gasteiger partial charge in [0, 0.05) is 42.3 Å². The summed E-state index contributed by atoms with van der Waals surface area (Å²) in [5, 5.41) is 6.98. The minimum atomic E-state index is -0.0872. The number of thiophene rings is 1. The zero-order chi connectivity index (χ0) is 40.0. The summed E-state index contributed by atoms with van der Waals surface area (Å²) in [7, 11) is 0. The molecule has 0 bridgehead atoms. The quantitative estimate of drug-likeness (QED) is 0.174. The molecule has 0 amide bonds. The second-order valence-corrected chi connectivity index (χ2v) is 17.3. The fourth-order valence-corrected chi connectivity index (χ4v) is 10.9. The number of hydrogen-bond donors (Lipinski definition) is 0. The Balaban J connectivity index is 1.08. The molecule has 0 N–H and O–H groups in total. The third kappa shape index (κ3) is 5.31. The molecule has 0 atom stereocenters. The fraction of sp³-hybridized carbons (Fsp3) is 0.0536. The number of nitrogens with zero attached hydrogens (tertiary/aromatic N) is 3. The Kier molecular flexibility index (Phi) is 7.75. The van der Waals surface area contributed by atoms with Gasteiger partial charge in [-0.1, -0.05) is 172 Å². The zero-order valence-electron chi connectivity index (χ0n) is 33.1. The molecule has 4 heteroatoms. The molecule has 9 aromatic carbocycles.